The van der Waals surface area contributed by atoms with Crippen LogP contribution in [-0.4, -0.2) is 17.6 Å². The van der Waals surface area contributed by atoms with Gasteiger partial charge >= 0.3 is 0 Å². The van der Waals surface area contributed by atoms with Crippen LogP contribution in [0.2, 0.25) is 0 Å². The first-order valence-electron chi connectivity index (χ1n) is 8.13. The molecule has 0 atom stereocenters. The molecule has 0 aliphatic heterocycles. The van der Waals surface area contributed by atoms with Crippen molar-refractivity contribution < 1.29 is 4.74 Å². The molecule has 1 aliphatic rings. The smallest absolute Gasteiger partial charge is 0.142 e. The summed E-state index contributed by atoms with van der Waals surface area (Å²) in [5.74, 6) is 0.978. The van der Waals surface area contributed by atoms with Crippen LogP contribution < -0.4 is 10.1 Å². The first-order chi connectivity index (χ1) is 9.79. The minimum Gasteiger partial charge on any atom is -0.488 e. The maximum Gasteiger partial charge on any atom is 0.142 e. The first-order valence-corrected chi connectivity index (χ1v) is 8.13. The molecule has 0 saturated heterocycles. The van der Waals surface area contributed by atoms with Gasteiger partial charge in [0.25, 0.3) is 0 Å². The van der Waals surface area contributed by atoms with Gasteiger partial charge in [-0.1, -0.05) is 19.8 Å². The SMILES string of the molecule is CCCNCc1nc(C)ccc1OC1CCCCCC1. The summed E-state index contributed by atoms with van der Waals surface area (Å²) in [5, 5.41) is 3.43. The van der Waals surface area contributed by atoms with Crippen LogP contribution in [0.3, 0.4) is 0 Å². The van der Waals surface area contributed by atoms with Crippen LogP contribution in [0.25, 0.3) is 0 Å². The molecule has 2 rings (SSSR count). The lowest BCUT2D eigenvalue weighted by molar-refractivity contribution is 0.180. The molecule has 1 N–H and O–H groups in total. The second-order valence-electron chi connectivity index (χ2n) is 5.81. The highest BCUT2D eigenvalue weighted by Crippen LogP contribution is 2.25. The zero-order valence-electron chi connectivity index (χ0n) is 13.0. The monoisotopic (exact) mass is 276 g/mol. The van der Waals surface area contributed by atoms with E-state index in [9.17, 15) is 0 Å². The van der Waals surface area contributed by atoms with E-state index in [4.69, 9.17) is 4.74 Å². The molecule has 1 saturated carbocycles. The van der Waals surface area contributed by atoms with E-state index in [2.05, 4.69) is 29.4 Å². The van der Waals surface area contributed by atoms with Crippen molar-refractivity contribution in [3.05, 3.63) is 23.5 Å². The topological polar surface area (TPSA) is 34.2 Å². The molecule has 1 heterocycles. The lowest BCUT2D eigenvalue weighted by atomic mass is 10.1. The fourth-order valence-electron chi connectivity index (χ4n) is 2.75. The zero-order chi connectivity index (χ0) is 14.2. The van der Waals surface area contributed by atoms with Gasteiger partial charge in [0.05, 0.1) is 11.8 Å². The van der Waals surface area contributed by atoms with Gasteiger partial charge in [0, 0.05) is 12.2 Å². The number of hydrogen-bond acceptors (Lipinski definition) is 3. The molecule has 3 heteroatoms. The zero-order valence-corrected chi connectivity index (χ0v) is 13.0. The number of ether oxygens (including phenoxy) is 1. The highest BCUT2D eigenvalue weighted by atomic mass is 16.5. The minimum absolute atomic E-state index is 0.381. The maximum atomic E-state index is 6.25. The lowest BCUT2D eigenvalue weighted by Gasteiger charge is -2.19. The van der Waals surface area contributed by atoms with E-state index in [1.807, 2.05) is 6.92 Å². The van der Waals surface area contributed by atoms with Crippen molar-refractivity contribution in [2.45, 2.75) is 71.4 Å². The van der Waals surface area contributed by atoms with Crippen LogP contribution in [-0.2, 0) is 6.54 Å². The van der Waals surface area contributed by atoms with Gasteiger partial charge in [-0.15, -0.1) is 0 Å². The van der Waals surface area contributed by atoms with E-state index in [1.165, 1.54) is 38.5 Å². The van der Waals surface area contributed by atoms with Crippen LogP contribution in [0.1, 0.15) is 63.3 Å². The average molecular weight is 276 g/mol. The van der Waals surface area contributed by atoms with Crippen molar-refractivity contribution in [3.8, 4) is 5.75 Å². The van der Waals surface area contributed by atoms with Crippen LogP contribution in [0.15, 0.2) is 12.1 Å². The quantitative estimate of drug-likeness (QED) is 0.630. The van der Waals surface area contributed by atoms with Crippen molar-refractivity contribution in [2.24, 2.45) is 0 Å². The highest BCUT2D eigenvalue weighted by Gasteiger charge is 2.16. The van der Waals surface area contributed by atoms with Gasteiger partial charge in [-0.25, -0.2) is 0 Å². The van der Waals surface area contributed by atoms with Gasteiger partial charge < -0.3 is 10.1 Å². The molecule has 0 unspecified atom stereocenters. The van der Waals surface area contributed by atoms with E-state index in [0.29, 0.717) is 6.10 Å². The van der Waals surface area contributed by atoms with Crippen LogP contribution in [0.5, 0.6) is 5.75 Å². The number of nitrogens with one attached hydrogen (secondary N) is 1. The molecule has 112 valence electrons. The minimum atomic E-state index is 0.381. The largest absolute Gasteiger partial charge is 0.488 e. The van der Waals surface area contributed by atoms with E-state index in [1.54, 1.807) is 0 Å². The van der Waals surface area contributed by atoms with Gasteiger partial charge in [-0.3, -0.25) is 4.98 Å². The summed E-state index contributed by atoms with van der Waals surface area (Å²) >= 11 is 0. The third-order valence-electron chi connectivity index (χ3n) is 3.89. The van der Waals surface area contributed by atoms with E-state index < -0.39 is 0 Å². The fourth-order valence-corrected chi connectivity index (χ4v) is 2.75. The molecule has 1 aliphatic carbocycles. The van der Waals surface area contributed by atoms with Crippen molar-refractivity contribution in [3.63, 3.8) is 0 Å². The Kier molecular flexibility index (Phi) is 6.31. The summed E-state index contributed by atoms with van der Waals surface area (Å²) in [6.07, 6.45) is 9.22. The fraction of sp³-hybridized carbons (Fsp3) is 0.706. The van der Waals surface area contributed by atoms with Crippen molar-refractivity contribution in [1.82, 2.24) is 10.3 Å². The molecule has 0 bridgehead atoms. The average Bonchev–Trinajstić information content (AvgIpc) is 2.70. The Hall–Kier alpha value is -1.09. The third-order valence-corrected chi connectivity index (χ3v) is 3.89. The summed E-state index contributed by atoms with van der Waals surface area (Å²) in [6, 6.07) is 4.14. The number of nitrogens with zero attached hydrogens (tertiary/aromatic N) is 1. The molecule has 0 amide bonds. The number of aryl methyl sites for hydroxylation is 1. The predicted octanol–water partition coefficient (Wildman–Crippen LogP) is 3.99. The van der Waals surface area contributed by atoms with Crippen molar-refractivity contribution in [1.29, 1.82) is 0 Å². The second-order valence-corrected chi connectivity index (χ2v) is 5.81. The van der Waals surface area contributed by atoms with Crippen LogP contribution in [0, 0.1) is 6.92 Å². The molecular formula is C17H28N2O. The second kappa shape index (κ2) is 8.25. The van der Waals surface area contributed by atoms with Gasteiger partial charge in [-0.05, 0) is 57.7 Å². The summed E-state index contributed by atoms with van der Waals surface area (Å²) in [4.78, 5) is 4.65. The molecule has 0 radical (unpaired) electrons. The van der Waals surface area contributed by atoms with Gasteiger partial charge in [0.2, 0.25) is 0 Å². The summed E-state index contributed by atoms with van der Waals surface area (Å²) in [7, 11) is 0. The Labute approximate surface area is 123 Å². The van der Waals surface area contributed by atoms with Crippen LogP contribution in [0.4, 0.5) is 0 Å². The Morgan fingerprint density at radius 3 is 2.65 bits per heavy atom. The van der Waals surface area contributed by atoms with E-state index in [-0.39, 0.29) is 0 Å². The Morgan fingerprint density at radius 2 is 1.95 bits per heavy atom. The molecule has 1 aromatic heterocycles. The van der Waals surface area contributed by atoms with Crippen molar-refractivity contribution >= 4 is 0 Å². The molecule has 1 fully saturated rings. The molecule has 0 aromatic carbocycles. The summed E-state index contributed by atoms with van der Waals surface area (Å²) < 4.78 is 6.25. The van der Waals surface area contributed by atoms with E-state index >= 15 is 0 Å². The Morgan fingerprint density at radius 1 is 1.20 bits per heavy atom. The molecule has 1 aromatic rings. The summed E-state index contributed by atoms with van der Waals surface area (Å²) in [6.45, 7) is 6.05. The Balaban J connectivity index is 2.01. The van der Waals surface area contributed by atoms with Crippen LogP contribution >= 0.6 is 0 Å². The number of rotatable bonds is 6. The Bertz CT molecular complexity index is 398. The van der Waals surface area contributed by atoms with Gasteiger partial charge in [0.15, 0.2) is 0 Å². The highest BCUT2D eigenvalue weighted by molar-refractivity contribution is 5.29. The number of aromatic nitrogens is 1. The van der Waals surface area contributed by atoms with Gasteiger partial charge in [-0.2, -0.15) is 0 Å². The van der Waals surface area contributed by atoms with Crippen molar-refractivity contribution in [2.75, 3.05) is 6.54 Å². The van der Waals surface area contributed by atoms with E-state index in [0.717, 1.165) is 36.6 Å². The predicted molar refractivity (Wildman–Crippen MR) is 83.1 cm³/mol. The standard InChI is InChI=1S/C17H28N2O/c1-3-12-18-13-16-17(11-10-14(2)19-16)20-15-8-6-4-5-7-9-15/h10-11,15,18H,3-9,12-13H2,1-2H3. The lowest BCUT2D eigenvalue weighted by Crippen LogP contribution is -2.20. The summed E-state index contributed by atoms with van der Waals surface area (Å²) in [5.41, 5.74) is 2.12. The third kappa shape index (κ3) is 4.78. The molecular weight excluding hydrogens is 248 g/mol. The molecule has 20 heavy (non-hydrogen) atoms. The normalized spacial score (nSPS) is 16.9. The van der Waals surface area contributed by atoms with Gasteiger partial charge in [0.1, 0.15) is 5.75 Å². The first kappa shape index (κ1) is 15.3. The molecule has 3 nitrogen and oxygen atoms in total. The number of hydrogen-bond donors (Lipinski definition) is 1. The number of pyridine rings is 1. The molecule has 0 spiro atoms. The maximum absolute atomic E-state index is 6.25.